The van der Waals surface area contributed by atoms with Crippen LogP contribution in [0.3, 0.4) is 0 Å². The highest BCUT2D eigenvalue weighted by molar-refractivity contribution is 6.30. The number of hydrogen-bond acceptors (Lipinski definition) is 8. The molecule has 14 heteroatoms. The number of benzene rings is 3. The Bertz CT molecular complexity index is 1710. The van der Waals surface area contributed by atoms with Crippen molar-refractivity contribution >= 4 is 40.6 Å². The zero-order valence-corrected chi connectivity index (χ0v) is 27.3. The number of halogens is 4. The minimum Gasteiger partial charge on any atom is -0.497 e. The molecule has 1 fully saturated rings. The summed E-state index contributed by atoms with van der Waals surface area (Å²) in [4.78, 5) is 32.3. The minimum absolute atomic E-state index is 0.122. The standard InChI is InChI=1S/C34H35ClF3N3O7/c1-20(40-47-13-10-30(42)43)21-14-23(17-25(15-21)45-2)39-31(26-8-6-22(35)16-29(26)46-3)32(44)41-19-33(11-4-5-12-33)27-9-7-24(18-28(27)41)48-34(36,37)38/h6-9,14-18,31,39H,4-5,10-13,19H2,1-3H3,(H,42,43). The topological polar surface area (TPSA) is 119 Å². The van der Waals surface area contributed by atoms with Crippen LogP contribution in [0.15, 0.2) is 59.8 Å². The molecule has 1 aliphatic carbocycles. The highest BCUT2D eigenvalue weighted by Crippen LogP contribution is 2.52. The molecule has 48 heavy (non-hydrogen) atoms. The van der Waals surface area contributed by atoms with Gasteiger partial charge in [-0.2, -0.15) is 0 Å². The van der Waals surface area contributed by atoms with Gasteiger partial charge in [-0.3, -0.25) is 9.59 Å². The fourth-order valence-electron chi connectivity index (χ4n) is 6.38. The molecule has 10 nitrogen and oxygen atoms in total. The maximum atomic E-state index is 14.8. The van der Waals surface area contributed by atoms with Gasteiger partial charge in [-0.15, -0.1) is 13.2 Å². The molecule has 0 bridgehead atoms. The number of amides is 1. The number of oxime groups is 1. The summed E-state index contributed by atoms with van der Waals surface area (Å²) < 4.78 is 55.1. The van der Waals surface area contributed by atoms with E-state index in [0.29, 0.717) is 44.7 Å². The number of methoxy groups -OCH3 is 2. The second-order valence-corrected chi connectivity index (χ2v) is 12.1. The van der Waals surface area contributed by atoms with Gasteiger partial charge in [0.25, 0.3) is 5.91 Å². The molecule has 256 valence electrons. The Balaban J connectivity index is 1.57. The number of nitrogens with one attached hydrogen (secondary N) is 1. The summed E-state index contributed by atoms with van der Waals surface area (Å²) in [7, 11) is 2.93. The lowest BCUT2D eigenvalue weighted by atomic mass is 9.81. The number of nitrogens with zero attached hydrogens (tertiary/aromatic N) is 2. The average Bonchev–Trinajstić information content (AvgIpc) is 3.65. The highest BCUT2D eigenvalue weighted by Gasteiger charge is 2.48. The molecule has 1 saturated carbocycles. The first kappa shape index (κ1) is 34.7. The van der Waals surface area contributed by atoms with Crippen LogP contribution in [-0.2, 0) is 19.8 Å². The van der Waals surface area contributed by atoms with Crippen LogP contribution in [0.5, 0.6) is 17.2 Å². The maximum absolute atomic E-state index is 14.8. The molecular formula is C34H35ClF3N3O7. The van der Waals surface area contributed by atoms with E-state index in [9.17, 15) is 22.8 Å². The molecule has 0 aromatic heterocycles. The summed E-state index contributed by atoms with van der Waals surface area (Å²) in [6, 6.07) is 13.1. The number of fused-ring (bicyclic) bond motifs is 2. The monoisotopic (exact) mass is 689 g/mol. The van der Waals surface area contributed by atoms with Gasteiger partial charge >= 0.3 is 12.3 Å². The van der Waals surface area contributed by atoms with E-state index in [4.69, 9.17) is 31.0 Å². The van der Waals surface area contributed by atoms with Gasteiger partial charge in [0.1, 0.15) is 29.9 Å². The first-order valence-corrected chi connectivity index (χ1v) is 15.6. The van der Waals surface area contributed by atoms with Gasteiger partial charge in [-0.05, 0) is 55.7 Å². The number of ether oxygens (including phenoxy) is 3. The molecule has 1 aliphatic heterocycles. The lowest BCUT2D eigenvalue weighted by molar-refractivity contribution is -0.274. The van der Waals surface area contributed by atoms with Crippen LogP contribution in [0.1, 0.15) is 61.8 Å². The van der Waals surface area contributed by atoms with E-state index in [1.54, 1.807) is 49.4 Å². The van der Waals surface area contributed by atoms with Crippen LogP contribution in [0.2, 0.25) is 5.02 Å². The van der Waals surface area contributed by atoms with Gasteiger partial charge in [-0.25, -0.2) is 0 Å². The summed E-state index contributed by atoms with van der Waals surface area (Å²) in [5, 5.41) is 16.6. The second-order valence-electron chi connectivity index (χ2n) is 11.7. The van der Waals surface area contributed by atoms with Crippen molar-refractivity contribution in [2.24, 2.45) is 5.16 Å². The van der Waals surface area contributed by atoms with Crippen LogP contribution < -0.4 is 24.4 Å². The Labute approximate surface area is 280 Å². The van der Waals surface area contributed by atoms with E-state index in [-0.39, 0.29) is 19.6 Å². The zero-order chi connectivity index (χ0) is 34.6. The first-order chi connectivity index (χ1) is 22.8. The van der Waals surface area contributed by atoms with Crippen molar-refractivity contribution in [3.05, 3.63) is 76.3 Å². The number of anilines is 2. The van der Waals surface area contributed by atoms with Crippen LogP contribution in [-0.4, -0.2) is 56.4 Å². The van der Waals surface area contributed by atoms with E-state index >= 15 is 0 Å². The Morgan fingerprint density at radius 2 is 1.79 bits per heavy atom. The van der Waals surface area contributed by atoms with Gasteiger partial charge in [-0.1, -0.05) is 41.7 Å². The quantitative estimate of drug-likeness (QED) is 0.114. The Kier molecular flexibility index (Phi) is 10.3. The molecule has 0 saturated heterocycles. The summed E-state index contributed by atoms with van der Waals surface area (Å²) in [6.07, 6.45) is -1.68. The molecule has 3 aromatic rings. The maximum Gasteiger partial charge on any atom is 0.573 e. The smallest absolute Gasteiger partial charge is 0.497 e. The zero-order valence-electron chi connectivity index (χ0n) is 26.5. The number of alkyl halides is 3. The van der Waals surface area contributed by atoms with Gasteiger partial charge in [0.2, 0.25) is 0 Å². The predicted octanol–water partition coefficient (Wildman–Crippen LogP) is 7.48. The molecule has 1 unspecified atom stereocenters. The number of hydrogen-bond donors (Lipinski definition) is 2. The normalized spacial score (nSPS) is 16.0. The van der Waals surface area contributed by atoms with E-state index in [0.717, 1.165) is 31.2 Å². The van der Waals surface area contributed by atoms with Crippen molar-refractivity contribution in [3.8, 4) is 17.2 Å². The lowest BCUT2D eigenvalue weighted by Gasteiger charge is -2.29. The second kappa shape index (κ2) is 14.2. The van der Waals surface area contributed by atoms with Crippen LogP contribution in [0.4, 0.5) is 24.5 Å². The van der Waals surface area contributed by atoms with Crippen molar-refractivity contribution in [3.63, 3.8) is 0 Å². The molecular weight excluding hydrogens is 655 g/mol. The molecule has 5 rings (SSSR count). The summed E-state index contributed by atoms with van der Waals surface area (Å²) in [5.41, 5.74) is 2.64. The molecule has 1 atom stereocenters. The largest absolute Gasteiger partial charge is 0.573 e. The third-order valence-corrected chi connectivity index (χ3v) is 8.82. The van der Waals surface area contributed by atoms with E-state index in [1.807, 2.05) is 0 Å². The van der Waals surface area contributed by atoms with Gasteiger partial charge < -0.3 is 34.4 Å². The number of aliphatic carboxylic acids is 1. The molecule has 2 N–H and O–H groups in total. The van der Waals surface area contributed by atoms with E-state index in [1.165, 1.54) is 31.3 Å². The molecule has 1 heterocycles. The number of carbonyl (C=O) groups excluding carboxylic acids is 1. The van der Waals surface area contributed by atoms with E-state index < -0.39 is 35.4 Å². The Morgan fingerprint density at radius 3 is 2.46 bits per heavy atom. The third-order valence-electron chi connectivity index (χ3n) is 8.59. The minimum atomic E-state index is -4.90. The molecule has 1 amide bonds. The molecule has 0 radical (unpaired) electrons. The Morgan fingerprint density at radius 1 is 1.04 bits per heavy atom. The van der Waals surface area contributed by atoms with Crippen LogP contribution in [0, 0.1) is 0 Å². The Hall–Kier alpha value is -4.65. The van der Waals surface area contributed by atoms with Crippen molar-refractivity contribution in [1.82, 2.24) is 0 Å². The SMILES string of the molecule is COc1cc(NC(C(=O)N2CC3(CCCC3)c3ccc(OC(F)(F)F)cc32)c2ccc(Cl)cc2OC)cc(C(C)=NOCCC(=O)O)c1. The highest BCUT2D eigenvalue weighted by atomic mass is 35.5. The van der Waals surface area contributed by atoms with Crippen molar-refractivity contribution < 1.29 is 46.9 Å². The van der Waals surface area contributed by atoms with Gasteiger partial charge in [0.15, 0.2) is 0 Å². The predicted molar refractivity (Wildman–Crippen MR) is 173 cm³/mol. The van der Waals surface area contributed by atoms with Gasteiger partial charge in [0, 0.05) is 45.9 Å². The number of carboxylic acids is 1. The molecule has 2 aliphatic rings. The average molecular weight is 690 g/mol. The lowest BCUT2D eigenvalue weighted by Crippen LogP contribution is -2.40. The third kappa shape index (κ3) is 7.73. The van der Waals surface area contributed by atoms with Crippen LogP contribution in [0.25, 0.3) is 0 Å². The fraction of sp³-hybridized carbons (Fsp3) is 0.382. The first-order valence-electron chi connectivity index (χ1n) is 15.2. The summed E-state index contributed by atoms with van der Waals surface area (Å²) in [6.45, 7) is 1.84. The summed E-state index contributed by atoms with van der Waals surface area (Å²) in [5.74, 6) is -1.12. The van der Waals surface area contributed by atoms with Crippen molar-refractivity contribution in [2.45, 2.75) is 56.8 Å². The number of rotatable bonds is 12. The number of carbonyl (C=O) groups is 2. The number of carboxylic acid groups (broad SMARTS) is 1. The summed E-state index contributed by atoms with van der Waals surface area (Å²) >= 11 is 6.28. The molecule has 3 aromatic carbocycles. The van der Waals surface area contributed by atoms with Gasteiger partial charge in [0.05, 0.1) is 32.0 Å². The van der Waals surface area contributed by atoms with Crippen molar-refractivity contribution in [2.75, 3.05) is 37.6 Å². The van der Waals surface area contributed by atoms with E-state index in [2.05, 4.69) is 15.2 Å². The van der Waals surface area contributed by atoms with Crippen LogP contribution >= 0.6 is 11.6 Å². The van der Waals surface area contributed by atoms with Crippen molar-refractivity contribution in [1.29, 1.82) is 0 Å². The fourth-order valence-corrected chi connectivity index (χ4v) is 6.55. The molecule has 1 spiro atoms.